The van der Waals surface area contributed by atoms with E-state index in [9.17, 15) is 19.1 Å². The summed E-state index contributed by atoms with van der Waals surface area (Å²) < 4.78 is 19.3. The number of hydrogen-bond acceptors (Lipinski definition) is 6. The van der Waals surface area contributed by atoms with Crippen LogP contribution in [0, 0.1) is 11.2 Å². The summed E-state index contributed by atoms with van der Waals surface area (Å²) in [4.78, 5) is 31.4. The molecule has 0 fully saturated rings. The Balaban J connectivity index is 1.50. The summed E-state index contributed by atoms with van der Waals surface area (Å²) in [5, 5.41) is 15.5. The largest absolute Gasteiger partial charge is 0.481 e. The number of rotatable bonds is 9. The maximum atomic E-state index is 13.6. The molecule has 3 N–H and O–H groups in total. The first-order valence-electron chi connectivity index (χ1n) is 11.7. The van der Waals surface area contributed by atoms with E-state index in [0.717, 1.165) is 11.3 Å². The molecule has 0 aliphatic carbocycles. The van der Waals surface area contributed by atoms with Gasteiger partial charge in [0.05, 0.1) is 12.5 Å². The number of nitrogens with zero attached hydrogens (tertiary/aromatic N) is 2. The van der Waals surface area contributed by atoms with Crippen molar-refractivity contribution in [2.24, 2.45) is 5.41 Å². The lowest BCUT2D eigenvalue weighted by molar-refractivity contribution is -0.137. The normalized spacial score (nSPS) is 15.0. The minimum Gasteiger partial charge on any atom is -0.481 e. The van der Waals surface area contributed by atoms with Gasteiger partial charge in [0.1, 0.15) is 17.4 Å². The Hall–Kier alpha value is -3.62. The fourth-order valence-electron chi connectivity index (χ4n) is 4.47. The highest BCUT2D eigenvalue weighted by atomic mass is 19.1. The maximum Gasteiger partial charge on any atom is 0.305 e. The number of carboxylic acid groups (broad SMARTS) is 1. The standard InChI is InChI=1S/C26H31FN4O4/c1-26(2,3)14-20(30-25-29-19-6-4-5-7-22(19)35-25)24(34)28-18(13-23(32)33)15-31-11-10-16-12-17(27)8-9-21(16)31/h4-9,12,18,20H,10-11,13-15H2,1-3H3,(H,28,34)(H,29,30)(H,32,33)/t18-,20-/m0/s1. The minimum atomic E-state index is -1.01. The second kappa shape index (κ2) is 9.93. The second-order valence-electron chi connectivity index (χ2n) is 10.2. The van der Waals surface area contributed by atoms with Gasteiger partial charge in [-0.15, -0.1) is 0 Å². The molecule has 9 heteroatoms. The predicted molar refractivity (Wildman–Crippen MR) is 132 cm³/mol. The minimum absolute atomic E-state index is 0.193. The number of aromatic nitrogens is 1. The zero-order valence-corrected chi connectivity index (χ0v) is 20.2. The van der Waals surface area contributed by atoms with Gasteiger partial charge in [-0.25, -0.2) is 4.39 Å². The molecule has 0 spiro atoms. The van der Waals surface area contributed by atoms with E-state index in [1.165, 1.54) is 12.1 Å². The molecule has 3 aromatic rings. The van der Waals surface area contributed by atoms with E-state index >= 15 is 0 Å². The van der Waals surface area contributed by atoms with E-state index in [2.05, 4.69) is 15.6 Å². The number of carboxylic acids is 1. The Bertz CT molecular complexity index is 1190. The highest BCUT2D eigenvalue weighted by molar-refractivity contribution is 5.85. The monoisotopic (exact) mass is 482 g/mol. The Labute approximate surface area is 203 Å². The highest BCUT2D eigenvalue weighted by Gasteiger charge is 2.30. The molecule has 1 aliphatic heterocycles. The number of carbonyl (C=O) groups excluding carboxylic acids is 1. The number of benzene rings is 2. The van der Waals surface area contributed by atoms with Gasteiger partial charge in [-0.3, -0.25) is 9.59 Å². The van der Waals surface area contributed by atoms with Crippen LogP contribution in [0.4, 0.5) is 16.1 Å². The molecule has 1 aromatic heterocycles. The lowest BCUT2D eigenvalue weighted by Gasteiger charge is -2.29. The fraction of sp³-hybridized carbons (Fsp3) is 0.423. The zero-order valence-electron chi connectivity index (χ0n) is 20.2. The molecule has 0 saturated carbocycles. The van der Waals surface area contributed by atoms with Crippen molar-refractivity contribution in [1.29, 1.82) is 0 Å². The number of halogens is 1. The van der Waals surface area contributed by atoms with Gasteiger partial charge in [0.2, 0.25) is 5.91 Å². The molecule has 0 saturated heterocycles. The van der Waals surface area contributed by atoms with E-state index in [1.54, 1.807) is 12.1 Å². The Kier molecular flexibility index (Phi) is 6.95. The molecule has 0 unspecified atom stereocenters. The predicted octanol–water partition coefficient (Wildman–Crippen LogP) is 4.21. The smallest absolute Gasteiger partial charge is 0.305 e. The van der Waals surface area contributed by atoms with Gasteiger partial charge in [-0.05, 0) is 54.2 Å². The van der Waals surface area contributed by atoms with Gasteiger partial charge in [-0.2, -0.15) is 4.98 Å². The summed E-state index contributed by atoms with van der Waals surface area (Å²) in [6, 6.07) is 10.8. The van der Waals surface area contributed by atoms with E-state index in [0.29, 0.717) is 37.0 Å². The molecule has 4 rings (SSSR count). The Morgan fingerprint density at radius 1 is 1.23 bits per heavy atom. The molecule has 186 valence electrons. The first-order valence-corrected chi connectivity index (χ1v) is 11.7. The van der Waals surface area contributed by atoms with Crippen LogP contribution in [0.25, 0.3) is 11.1 Å². The Morgan fingerprint density at radius 2 is 2.00 bits per heavy atom. The van der Waals surface area contributed by atoms with E-state index in [4.69, 9.17) is 4.42 Å². The van der Waals surface area contributed by atoms with Crippen molar-refractivity contribution in [2.75, 3.05) is 23.3 Å². The van der Waals surface area contributed by atoms with Crippen molar-refractivity contribution >= 4 is 34.7 Å². The summed E-state index contributed by atoms with van der Waals surface area (Å²) in [5.74, 6) is -1.63. The number of aliphatic carboxylic acids is 1. The third-order valence-electron chi connectivity index (χ3n) is 5.97. The number of nitrogens with one attached hydrogen (secondary N) is 2. The molecule has 2 heterocycles. The van der Waals surface area contributed by atoms with Crippen LogP contribution in [0.1, 0.15) is 39.2 Å². The lowest BCUT2D eigenvalue weighted by atomic mass is 9.87. The molecule has 35 heavy (non-hydrogen) atoms. The van der Waals surface area contributed by atoms with Gasteiger partial charge in [-0.1, -0.05) is 32.9 Å². The number of anilines is 2. The van der Waals surface area contributed by atoms with Crippen molar-refractivity contribution in [3.05, 3.63) is 53.8 Å². The van der Waals surface area contributed by atoms with E-state index in [-0.39, 0.29) is 29.6 Å². The zero-order chi connectivity index (χ0) is 25.2. The molecule has 0 bridgehead atoms. The Morgan fingerprint density at radius 3 is 2.71 bits per heavy atom. The van der Waals surface area contributed by atoms with Crippen LogP contribution in [-0.2, 0) is 16.0 Å². The number of para-hydroxylation sites is 2. The third kappa shape index (κ3) is 6.29. The molecule has 1 aliphatic rings. The molecule has 2 atom stereocenters. The van der Waals surface area contributed by atoms with Gasteiger partial charge in [0, 0.05) is 18.8 Å². The first kappa shape index (κ1) is 24.5. The molecule has 1 amide bonds. The summed E-state index contributed by atoms with van der Waals surface area (Å²) in [7, 11) is 0. The summed E-state index contributed by atoms with van der Waals surface area (Å²) >= 11 is 0. The van der Waals surface area contributed by atoms with Gasteiger partial charge in [0.25, 0.3) is 6.01 Å². The second-order valence-corrected chi connectivity index (χ2v) is 10.2. The number of amides is 1. The van der Waals surface area contributed by atoms with Crippen molar-refractivity contribution in [3.8, 4) is 0 Å². The molecular formula is C26H31FN4O4. The van der Waals surface area contributed by atoms with Gasteiger partial charge < -0.3 is 25.1 Å². The highest BCUT2D eigenvalue weighted by Crippen LogP contribution is 2.29. The van der Waals surface area contributed by atoms with Crippen LogP contribution >= 0.6 is 0 Å². The SMILES string of the molecule is CC(C)(C)C[C@H](Nc1nc2ccccc2o1)C(=O)N[C@@H](CC(=O)O)CN1CCc2cc(F)ccc21. The topological polar surface area (TPSA) is 108 Å². The quantitative estimate of drug-likeness (QED) is 0.419. The van der Waals surface area contributed by atoms with E-state index < -0.39 is 18.1 Å². The summed E-state index contributed by atoms with van der Waals surface area (Å²) in [6.45, 7) is 7.02. The van der Waals surface area contributed by atoms with Crippen LogP contribution in [0.5, 0.6) is 0 Å². The van der Waals surface area contributed by atoms with E-state index in [1.807, 2.05) is 43.9 Å². The summed E-state index contributed by atoms with van der Waals surface area (Å²) in [6.07, 6.45) is 0.916. The van der Waals surface area contributed by atoms with Gasteiger partial charge in [0.15, 0.2) is 5.58 Å². The third-order valence-corrected chi connectivity index (χ3v) is 5.97. The first-order chi connectivity index (χ1) is 16.6. The molecule has 2 aromatic carbocycles. The van der Waals surface area contributed by atoms with Crippen LogP contribution in [-0.4, -0.2) is 47.1 Å². The van der Waals surface area contributed by atoms with Crippen LogP contribution in [0.15, 0.2) is 46.9 Å². The number of fused-ring (bicyclic) bond motifs is 2. The average molecular weight is 483 g/mol. The van der Waals surface area contributed by atoms with Crippen LogP contribution in [0.3, 0.4) is 0 Å². The fourth-order valence-corrected chi connectivity index (χ4v) is 4.47. The van der Waals surface area contributed by atoms with Crippen LogP contribution < -0.4 is 15.5 Å². The number of carbonyl (C=O) groups is 2. The summed E-state index contributed by atoms with van der Waals surface area (Å²) in [5.41, 5.74) is 2.84. The van der Waals surface area contributed by atoms with Crippen molar-refractivity contribution in [1.82, 2.24) is 10.3 Å². The molecule has 8 nitrogen and oxygen atoms in total. The van der Waals surface area contributed by atoms with Crippen molar-refractivity contribution < 1.29 is 23.5 Å². The van der Waals surface area contributed by atoms with Gasteiger partial charge >= 0.3 is 5.97 Å². The van der Waals surface area contributed by atoms with Crippen molar-refractivity contribution in [3.63, 3.8) is 0 Å². The lowest BCUT2D eigenvalue weighted by Crippen LogP contribution is -2.50. The maximum absolute atomic E-state index is 13.6. The number of oxazole rings is 1. The number of hydrogen-bond donors (Lipinski definition) is 3. The molecular weight excluding hydrogens is 451 g/mol. The molecule has 0 radical (unpaired) electrons. The van der Waals surface area contributed by atoms with Crippen molar-refractivity contribution in [2.45, 2.75) is 52.1 Å². The average Bonchev–Trinajstić information content (AvgIpc) is 3.34. The van der Waals surface area contributed by atoms with Crippen LogP contribution in [0.2, 0.25) is 0 Å².